The molecule has 0 atom stereocenters. The standard InChI is InChI=1S/C7H14.CH4/c1-4-5-6-7(2)3;/h5-7H,4H2,1-3H3;1H4/b6-5+;. The van der Waals surface area contributed by atoms with Crippen molar-refractivity contribution in [3.8, 4) is 0 Å². The topological polar surface area (TPSA) is 0 Å². The Bertz CT molecular complexity index is 51.1. The maximum Gasteiger partial charge on any atom is -0.0290 e. The number of hydrogen-bond acceptors (Lipinski definition) is 0. The highest BCUT2D eigenvalue weighted by Gasteiger charge is 1.78. The zero-order chi connectivity index (χ0) is 5.70. The number of allylic oxidation sites excluding steroid dienone is 2. The molecule has 0 aliphatic heterocycles. The summed E-state index contributed by atoms with van der Waals surface area (Å²) >= 11 is 0. The van der Waals surface area contributed by atoms with Crippen molar-refractivity contribution in [1.82, 2.24) is 0 Å². The summed E-state index contributed by atoms with van der Waals surface area (Å²) in [5.41, 5.74) is 0. The summed E-state index contributed by atoms with van der Waals surface area (Å²) in [4.78, 5) is 0. The molecular formula is C8H18. The Kier molecular flexibility index (Phi) is 8.99. The predicted octanol–water partition coefficient (Wildman–Crippen LogP) is 3.24. The summed E-state index contributed by atoms with van der Waals surface area (Å²) in [5, 5.41) is 0. The molecule has 0 aliphatic rings. The second kappa shape index (κ2) is 6.74. The van der Waals surface area contributed by atoms with Gasteiger partial charge in [0, 0.05) is 0 Å². The third kappa shape index (κ3) is 9.22. The van der Waals surface area contributed by atoms with Crippen LogP contribution in [0.25, 0.3) is 0 Å². The molecule has 0 N–H and O–H groups in total. The third-order valence-corrected chi connectivity index (χ3v) is 0.757. The van der Waals surface area contributed by atoms with Crippen molar-refractivity contribution in [1.29, 1.82) is 0 Å². The van der Waals surface area contributed by atoms with Gasteiger partial charge in [-0.15, -0.1) is 0 Å². The van der Waals surface area contributed by atoms with Gasteiger partial charge in [-0.05, 0) is 12.3 Å². The van der Waals surface area contributed by atoms with Crippen LogP contribution in [0.2, 0.25) is 0 Å². The first-order valence-corrected chi connectivity index (χ1v) is 2.94. The van der Waals surface area contributed by atoms with E-state index >= 15 is 0 Å². The molecule has 0 heterocycles. The fourth-order valence-corrected chi connectivity index (χ4v) is 0.408. The van der Waals surface area contributed by atoms with Crippen molar-refractivity contribution >= 4 is 0 Å². The van der Waals surface area contributed by atoms with Gasteiger partial charge in [-0.25, -0.2) is 0 Å². The lowest BCUT2D eigenvalue weighted by Gasteiger charge is -1.88. The van der Waals surface area contributed by atoms with Crippen LogP contribution in [0.15, 0.2) is 12.2 Å². The van der Waals surface area contributed by atoms with E-state index in [2.05, 4.69) is 32.9 Å². The molecule has 0 heteroatoms. The molecule has 0 radical (unpaired) electrons. The normalized spacial score (nSPS) is 10.0. The van der Waals surface area contributed by atoms with Gasteiger partial charge in [-0.2, -0.15) is 0 Å². The number of hydrogen-bond donors (Lipinski definition) is 0. The summed E-state index contributed by atoms with van der Waals surface area (Å²) < 4.78 is 0. The van der Waals surface area contributed by atoms with Crippen molar-refractivity contribution in [3.05, 3.63) is 12.2 Å². The first kappa shape index (κ1) is 10.7. The average molecular weight is 114 g/mol. The van der Waals surface area contributed by atoms with Gasteiger partial charge in [-0.1, -0.05) is 40.3 Å². The second-order valence-corrected chi connectivity index (χ2v) is 2.08. The zero-order valence-electron chi connectivity index (χ0n) is 5.44. The predicted molar refractivity (Wildman–Crippen MR) is 41.0 cm³/mol. The summed E-state index contributed by atoms with van der Waals surface area (Å²) in [7, 11) is 0. The lowest BCUT2D eigenvalue weighted by Crippen LogP contribution is -1.74. The largest absolute Gasteiger partial charge is 0.0886 e. The van der Waals surface area contributed by atoms with Gasteiger partial charge < -0.3 is 0 Å². The van der Waals surface area contributed by atoms with E-state index in [-0.39, 0.29) is 7.43 Å². The van der Waals surface area contributed by atoms with Gasteiger partial charge in [0.1, 0.15) is 0 Å². The van der Waals surface area contributed by atoms with E-state index in [9.17, 15) is 0 Å². The van der Waals surface area contributed by atoms with Crippen molar-refractivity contribution in [2.75, 3.05) is 0 Å². The molecule has 0 unspecified atom stereocenters. The van der Waals surface area contributed by atoms with Crippen LogP contribution in [-0.4, -0.2) is 0 Å². The van der Waals surface area contributed by atoms with E-state index < -0.39 is 0 Å². The molecular weight excluding hydrogens is 96.1 g/mol. The molecule has 0 aromatic carbocycles. The summed E-state index contributed by atoms with van der Waals surface area (Å²) in [5.74, 6) is 0.722. The van der Waals surface area contributed by atoms with E-state index in [0.717, 1.165) is 12.3 Å². The van der Waals surface area contributed by atoms with Gasteiger partial charge >= 0.3 is 0 Å². The minimum absolute atomic E-state index is 0. The Morgan fingerprint density at radius 1 is 1.38 bits per heavy atom. The van der Waals surface area contributed by atoms with Gasteiger partial charge in [0.15, 0.2) is 0 Å². The van der Waals surface area contributed by atoms with E-state index in [4.69, 9.17) is 0 Å². The molecule has 0 saturated carbocycles. The highest BCUT2D eigenvalue weighted by Crippen LogP contribution is 1.93. The van der Waals surface area contributed by atoms with Gasteiger partial charge in [0.2, 0.25) is 0 Å². The monoisotopic (exact) mass is 114 g/mol. The molecule has 0 aromatic heterocycles. The highest BCUT2D eigenvalue weighted by atomic mass is 13.8. The first-order chi connectivity index (χ1) is 3.27. The van der Waals surface area contributed by atoms with Crippen LogP contribution in [0, 0.1) is 5.92 Å². The lowest BCUT2D eigenvalue weighted by molar-refractivity contribution is 0.826. The fourth-order valence-electron chi connectivity index (χ4n) is 0.408. The molecule has 0 fully saturated rings. The average Bonchev–Trinajstić information content (AvgIpc) is 1.61. The summed E-state index contributed by atoms with van der Waals surface area (Å²) in [6, 6.07) is 0. The SMILES string of the molecule is C.CC/C=C/C(C)C. The summed E-state index contributed by atoms with van der Waals surface area (Å²) in [6.07, 6.45) is 5.59. The third-order valence-electron chi connectivity index (χ3n) is 0.757. The fraction of sp³-hybridized carbons (Fsp3) is 0.750. The molecule has 0 spiro atoms. The van der Waals surface area contributed by atoms with Crippen LogP contribution in [0.3, 0.4) is 0 Å². The van der Waals surface area contributed by atoms with Crippen molar-refractivity contribution < 1.29 is 0 Å². The number of rotatable bonds is 2. The van der Waals surface area contributed by atoms with Gasteiger partial charge in [-0.3, -0.25) is 0 Å². The van der Waals surface area contributed by atoms with Crippen LogP contribution in [0.1, 0.15) is 34.6 Å². The molecule has 0 aromatic rings. The smallest absolute Gasteiger partial charge is 0.0290 e. The minimum atomic E-state index is 0. The van der Waals surface area contributed by atoms with Crippen LogP contribution >= 0.6 is 0 Å². The minimum Gasteiger partial charge on any atom is -0.0886 e. The van der Waals surface area contributed by atoms with Crippen molar-refractivity contribution in [2.24, 2.45) is 5.92 Å². The maximum absolute atomic E-state index is 2.22. The molecule has 50 valence electrons. The Morgan fingerprint density at radius 3 is 2.00 bits per heavy atom. The Labute approximate surface area is 53.6 Å². The van der Waals surface area contributed by atoms with Crippen LogP contribution in [0.4, 0.5) is 0 Å². The van der Waals surface area contributed by atoms with E-state index in [1.807, 2.05) is 0 Å². The summed E-state index contributed by atoms with van der Waals surface area (Å²) in [6.45, 7) is 6.52. The maximum atomic E-state index is 2.22. The van der Waals surface area contributed by atoms with Crippen LogP contribution in [-0.2, 0) is 0 Å². The first-order valence-electron chi connectivity index (χ1n) is 2.94. The van der Waals surface area contributed by atoms with E-state index in [1.54, 1.807) is 0 Å². The van der Waals surface area contributed by atoms with Gasteiger partial charge in [0.05, 0.1) is 0 Å². The molecule has 0 rings (SSSR count). The van der Waals surface area contributed by atoms with E-state index in [1.165, 1.54) is 0 Å². The lowest BCUT2D eigenvalue weighted by atomic mass is 10.2. The van der Waals surface area contributed by atoms with E-state index in [0.29, 0.717) is 0 Å². The molecule has 8 heavy (non-hydrogen) atoms. The zero-order valence-corrected chi connectivity index (χ0v) is 5.44. The molecule has 0 bridgehead atoms. The van der Waals surface area contributed by atoms with Crippen LogP contribution in [0.5, 0.6) is 0 Å². The highest BCUT2D eigenvalue weighted by molar-refractivity contribution is 4.82. The second-order valence-electron chi connectivity index (χ2n) is 2.08. The van der Waals surface area contributed by atoms with Crippen molar-refractivity contribution in [3.63, 3.8) is 0 Å². The van der Waals surface area contributed by atoms with Crippen LogP contribution < -0.4 is 0 Å². The molecule has 0 aliphatic carbocycles. The molecule has 0 amide bonds. The molecule has 0 nitrogen and oxygen atoms in total. The van der Waals surface area contributed by atoms with Crippen molar-refractivity contribution in [2.45, 2.75) is 34.6 Å². The van der Waals surface area contributed by atoms with Gasteiger partial charge in [0.25, 0.3) is 0 Å². The Balaban J connectivity index is 0. The molecule has 0 saturated heterocycles. The quantitative estimate of drug-likeness (QED) is 0.483. The Morgan fingerprint density at radius 2 is 1.88 bits per heavy atom. The Hall–Kier alpha value is -0.260.